The number of rotatable bonds is 8. The lowest BCUT2D eigenvalue weighted by Crippen LogP contribution is -2.37. The quantitative estimate of drug-likeness (QED) is 0.402. The predicted octanol–water partition coefficient (Wildman–Crippen LogP) is 3.07. The molecule has 1 saturated carbocycles. The second-order valence-electron chi connectivity index (χ2n) is 8.12. The summed E-state index contributed by atoms with van der Waals surface area (Å²) in [4.78, 5) is 33.7. The molecule has 32 heavy (non-hydrogen) atoms. The number of thioether (sulfide) groups is 1. The number of nitrogens with one attached hydrogen (secondary N) is 2. The van der Waals surface area contributed by atoms with Crippen LogP contribution < -0.4 is 10.6 Å². The monoisotopic (exact) mass is 452 g/mol. The van der Waals surface area contributed by atoms with Gasteiger partial charge in [0, 0.05) is 41.7 Å². The number of fused-ring (bicyclic) bond motifs is 1. The predicted molar refractivity (Wildman–Crippen MR) is 124 cm³/mol. The molecule has 1 fully saturated rings. The van der Waals surface area contributed by atoms with E-state index in [0.717, 1.165) is 42.6 Å². The van der Waals surface area contributed by atoms with E-state index in [4.69, 9.17) is 0 Å². The summed E-state index contributed by atoms with van der Waals surface area (Å²) in [6.07, 6.45) is 4.20. The number of carbonyl (C=O) groups is 2. The van der Waals surface area contributed by atoms with Crippen molar-refractivity contribution >= 4 is 29.4 Å². The van der Waals surface area contributed by atoms with Crippen molar-refractivity contribution in [1.29, 1.82) is 0 Å². The minimum atomic E-state index is -0.146. The average molecular weight is 453 g/mol. The van der Waals surface area contributed by atoms with Crippen molar-refractivity contribution in [2.75, 3.05) is 13.1 Å². The minimum Gasteiger partial charge on any atom is -0.354 e. The van der Waals surface area contributed by atoms with Crippen LogP contribution in [0.2, 0.25) is 0 Å². The van der Waals surface area contributed by atoms with Gasteiger partial charge in [-0.2, -0.15) is 4.98 Å². The van der Waals surface area contributed by atoms with Crippen LogP contribution in [-0.2, 0) is 10.5 Å². The molecule has 0 spiro atoms. The molecule has 1 aliphatic rings. The van der Waals surface area contributed by atoms with Gasteiger partial charge in [-0.1, -0.05) is 42.8 Å². The van der Waals surface area contributed by atoms with E-state index in [0.29, 0.717) is 35.3 Å². The van der Waals surface area contributed by atoms with Crippen molar-refractivity contribution < 1.29 is 9.59 Å². The van der Waals surface area contributed by atoms with Crippen LogP contribution >= 0.6 is 11.8 Å². The van der Waals surface area contributed by atoms with Gasteiger partial charge in [0.25, 0.3) is 11.7 Å². The highest BCUT2D eigenvalue weighted by atomic mass is 32.2. The van der Waals surface area contributed by atoms with E-state index in [1.54, 1.807) is 4.52 Å². The number of aromatic nitrogens is 4. The Hall–Kier alpha value is -2.94. The summed E-state index contributed by atoms with van der Waals surface area (Å²) in [6.45, 7) is 4.75. The highest BCUT2D eigenvalue weighted by molar-refractivity contribution is 7.98. The molecule has 0 aliphatic heterocycles. The smallest absolute Gasteiger partial charge is 0.253 e. The summed E-state index contributed by atoms with van der Waals surface area (Å²) in [5.41, 5.74) is 3.41. The highest BCUT2D eigenvalue weighted by Crippen LogP contribution is 2.24. The molecule has 2 heterocycles. The third kappa shape index (κ3) is 5.27. The Bertz CT molecular complexity index is 1120. The lowest BCUT2D eigenvalue weighted by Gasteiger charge is -2.12. The molecule has 0 unspecified atom stereocenters. The fourth-order valence-electron chi connectivity index (χ4n) is 4.01. The molecule has 2 aromatic heterocycles. The van der Waals surface area contributed by atoms with Crippen LogP contribution in [0.15, 0.2) is 35.5 Å². The summed E-state index contributed by atoms with van der Waals surface area (Å²) in [5, 5.41) is 11.0. The molecule has 9 heteroatoms. The minimum absolute atomic E-state index is 0.105. The number of amides is 2. The Balaban J connectivity index is 1.32. The van der Waals surface area contributed by atoms with E-state index < -0.39 is 0 Å². The zero-order chi connectivity index (χ0) is 22.5. The molecule has 0 atom stereocenters. The summed E-state index contributed by atoms with van der Waals surface area (Å²) < 4.78 is 1.73. The van der Waals surface area contributed by atoms with Crippen molar-refractivity contribution in [1.82, 2.24) is 30.2 Å². The van der Waals surface area contributed by atoms with Crippen LogP contribution in [0.25, 0.3) is 5.78 Å². The Morgan fingerprint density at radius 3 is 2.66 bits per heavy atom. The van der Waals surface area contributed by atoms with Gasteiger partial charge in [-0.15, -0.1) is 5.10 Å². The molecular formula is C23H28N6O2S. The van der Waals surface area contributed by atoms with Crippen LogP contribution in [-0.4, -0.2) is 44.5 Å². The first-order chi connectivity index (χ1) is 15.5. The zero-order valence-corrected chi connectivity index (χ0v) is 19.2. The van der Waals surface area contributed by atoms with Crippen LogP contribution in [0.5, 0.6) is 0 Å². The topological polar surface area (TPSA) is 101 Å². The number of carbonyl (C=O) groups excluding carboxylic acids is 2. The zero-order valence-electron chi connectivity index (χ0n) is 18.4. The van der Waals surface area contributed by atoms with Gasteiger partial charge in [0.1, 0.15) is 0 Å². The molecule has 3 aromatic rings. The molecule has 0 saturated heterocycles. The molecule has 168 valence electrons. The molecule has 0 bridgehead atoms. The summed E-state index contributed by atoms with van der Waals surface area (Å²) in [7, 11) is 0. The van der Waals surface area contributed by atoms with Gasteiger partial charge in [0.2, 0.25) is 11.1 Å². The first-order valence-corrected chi connectivity index (χ1v) is 12.0. The first kappa shape index (κ1) is 22.3. The Morgan fingerprint density at radius 1 is 1.09 bits per heavy atom. The molecule has 0 radical (unpaired) electrons. The number of nitrogens with zero attached hydrogens (tertiary/aromatic N) is 4. The first-order valence-electron chi connectivity index (χ1n) is 11.0. The van der Waals surface area contributed by atoms with Crippen molar-refractivity contribution in [3.05, 3.63) is 52.8 Å². The second kappa shape index (κ2) is 10.1. The summed E-state index contributed by atoms with van der Waals surface area (Å²) >= 11 is 1.47. The van der Waals surface area contributed by atoms with Crippen molar-refractivity contribution in [3.8, 4) is 0 Å². The molecule has 2 N–H and O–H groups in total. The number of hydrogen-bond donors (Lipinski definition) is 2. The van der Waals surface area contributed by atoms with Crippen molar-refractivity contribution in [2.45, 2.75) is 50.4 Å². The maximum Gasteiger partial charge on any atom is 0.253 e. The van der Waals surface area contributed by atoms with Gasteiger partial charge in [0.15, 0.2) is 0 Å². The SMILES string of the molecule is Cc1cc(C)n2nc(SCc3ccccc3C(=O)NCCNC(=O)C3CCCC3)nc2n1. The van der Waals surface area contributed by atoms with E-state index in [1.165, 1.54) is 11.8 Å². The van der Waals surface area contributed by atoms with Crippen LogP contribution in [0.3, 0.4) is 0 Å². The number of benzene rings is 1. The van der Waals surface area contributed by atoms with Gasteiger partial charge >= 0.3 is 0 Å². The van der Waals surface area contributed by atoms with Crippen molar-refractivity contribution in [2.24, 2.45) is 5.92 Å². The van der Waals surface area contributed by atoms with E-state index in [1.807, 2.05) is 44.2 Å². The average Bonchev–Trinajstić information content (AvgIpc) is 3.45. The van der Waals surface area contributed by atoms with Gasteiger partial charge in [-0.3, -0.25) is 9.59 Å². The van der Waals surface area contributed by atoms with Crippen LogP contribution in [0.1, 0.15) is 53.0 Å². The number of aryl methyl sites for hydroxylation is 2. The Labute approximate surface area is 191 Å². The van der Waals surface area contributed by atoms with Gasteiger partial charge < -0.3 is 10.6 Å². The lowest BCUT2D eigenvalue weighted by molar-refractivity contribution is -0.124. The molecule has 1 aromatic carbocycles. The Morgan fingerprint density at radius 2 is 1.84 bits per heavy atom. The van der Waals surface area contributed by atoms with Crippen molar-refractivity contribution in [3.63, 3.8) is 0 Å². The molecule has 1 aliphatic carbocycles. The lowest BCUT2D eigenvalue weighted by atomic mass is 10.1. The van der Waals surface area contributed by atoms with Crippen LogP contribution in [0.4, 0.5) is 0 Å². The largest absolute Gasteiger partial charge is 0.354 e. The molecule has 8 nitrogen and oxygen atoms in total. The third-order valence-corrected chi connectivity index (χ3v) is 6.54. The van der Waals surface area contributed by atoms with Crippen LogP contribution in [0, 0.1) is 19.8 Å². The standard InChI is InChI=1S/C23H28N6O2S/c1-15-13-16(2)29-22(26-15)27-23(28-29)32-14-18-9-5-6-10-19(18)21(31)25-12-11-24-20(30)17-7-3-4-8-17/h5-6,9-10,13,17H,3-4,7-8,11-12,14H2,1-2H3,(H,24,30)(H,25,31). The third-order valence-electron chi connectivity index (χ3n) is 5.65. The van der Waals surface area contributed by atoms with E-state index in [9.17, 15) is 9.59 Å². The maximum absolute atomic E-state index is 12.7. The number of hydrogen-bond acceptors (Lipinski definition) is 6. The molecule has 2 amide bonds. The Kier molecular flexibility index (Phi) is 7.04. The molecular weight excluding hydrogens is 424 g/mol. The second-order valence-corrected chi connectivity index (χ2v) is 9.06. The summed E-state index contributed by atoms with van der Waals surface area (Å²) in [6, 6.07) is 9.48. The van der Waals surface area contributed by atoms with E-state index >= 15 is 0 Å². The molecule has 4 rings (SSSR count). The fourth-order valence-corrected chi connectivity index (χ4v) is 4.83. The van der Waals surface area contributed by atoms with Gasteiger partial charge in [-0.25, -0.2) is 9.50 Å². The van der Waals surface area contributed by atoms with Gasteiger partial charge in [-0.05, 0) is 44.4 Å². The fraction of sp³-hybridized carbons (Fsp3) is 0.435. The van der Waals surface area contributed by atoms with E-state index in [2.05, 4.69) is 25.7 Å². The van der Waals surface area contributed by atoms with E-state index in [-0.39, 0.29) is 17.7 Å². The summed E-state index contributed by atoms with van der Waals surface area (Å²) in [5.74, 6) is 1.24. The van der Waals surface area contributed by atoms with Gasteiger partial charge in [0.05, 0.1) is 0 Å². The maximum atomic E-state index is 12.7. The highest BCUT2D eigenvalue weighted by Gasteiger charge is 2.22. The normalized spacial score (nSPS) is 14.1.